The predicted octanol–water partition coefficient (Wildman–Crippen LogP) is 3.54. The first-order valence-corrected chi connectivity index (χ1v) is 8.84. The number of nitrogens with one attached hydrogen (secondary N) is 1. The van der Waals surface area contributed by atoms with Gasteiger partial charge >= 0.3 is 0 Å². The molecule has 3 heterocycles. The van der Waals surface area contributed by atoms with Crippen LogP contribution in [0.4, 0.5) is 5.13 Å². The van der Waals surface area contributed by atoms with Gasteiger partial charge in [0.05, 0.1) is 6.54 Å². The lowest BCUT2D eigenvalue weighted by Gasteiger charge is -2.32. The van der Waals surface area contributed by atoms with E-state index < -0.39 is 0 Å². The van der Waals surface area contributed by atoms with Gasteiger partial charge in [-0.25, -0.2) is 0 Å². The van der Waals surface area contributed by atoms with Crippen molar-refractivity contribution in [3.05, 3.63) is 26.9 Å². The molecule has 0 spiro atoms. The second-order valence-electron chi connectivity index (χ2n) is 5.12. The normalized spacial score (nSPS) is 19.0. The van der Waals surface area contributed by atoms with Crippen molar-refractivity contribution in [1.29, 1.82) is 0 Å². The van der Waals surface area contributed by atoms with Crippen LogP contribution in [0.1, 0.15) is 41.8 Å². The SMILES string of the molecule is CCCNc1nnc(CN2CCc3sccc3C2C)s1. The first-order valence-electron chi connectivity index (χ1n) is 7.14. The van der Waals surface area contributed by atoms with Crippen LogP contribution in [0.5, 0.6) is 0 Å². The Morgan fingerprint density at radius 3 is 3.20 bits per heavy atom. The van der Waals surface area contributed by atoms with Crippen molar-refractivity contribution in [1.82, 2.24) is 15.1 Å². The molecule has 6 heteroatoms. The number of thiophene rings is 1. The summed E-state index contributed by atoms with van der Waals surface area (Å²) in [5.41, 5.74) is 1.50. The second-order valence-corrected chi connectivity index (χ2v) is 7.19. The van der Waals surface area contributed by atoms with Crippen molar-refractivity contribution in [2.24, 2.45) is 0 Å². The fourth-order valence-corrected chi connectivity index (χ4v) is 4.33. The van der Waals surface area contributed by atoms with Crippen LogP contribution in [0.25, 0.3) is 0 Å². The van der Waals surface area contributed by atoms with Crippen LogP contribution in [0.2, 0.25) is 0 Å². The van der Waals surface area contributed by atoms with Crippen molar-refractivity contribution in [3.8, 4) is 0 Å². The van der Waals surface area contributed by atoms with Gasteiger partial charge in [0.25, 0.3) is 0 Å². The number of aromatic nitrogens is 2. The third-order valence-corrected chi connectivity index (χ3v) is 5.60. The van der Waals surface area contributed by atoms with E-state index in [0.29, 0.717) is 6.04 Å². The van der Waals surface area contributed by atoms with Crippen molar-refractivity contribution >= 4 is 27.8 Å². The number of hydrogen-bond acceptors (Lipinski definition) is 6. The van der Waals surface area contributed by atoms with Crippen molar-refractivity contribution in [2.75, 3.05) is 18.4 Å². The van der Waals surface area contributed by atoms with E-state index in [1.807, 2.05) is 11.3 Å². The van der Waals surface area contributed by atoms with E-state index in [1.54, 1.807) is 16.2 Å². The average molecular weight is 308 g/mol. The zero-order valence-electron chi connectivity index (χ0n) is 11.9. The van der Waals surface area contributed by atoms with Crippen LogP contribution in [0, 0.1) is 0 Å². The van der Waals surface area contributed by atoms with Gasteiger partial charge in [-0.15, -0.1) is 21.5 Å². The van der Waals surface area contributed by atoms with Crippen LogP contribution >= 0.6 is 22.7 Å². The van der Waals surface area contributed by atoms with Gasteiger partial charge in [-0.05, 0) is 36.8 Å². The number of fused-ring (bicyclic) bond motifs is 1. The van der Waals surface area contributed by atoms with E-state index in [1.165, 1.54) is 5.56 Å². The van der Waals surface area contributed by atoms with E-state index in [0.717, 1.165) is 42.6 Å². The highest BCUT2D eigenvalue weighted by Crippen LogP contribution is 2.34. The van der Waals surface area contributed by atoms with Crippen LogP contribution in [0.15, 0.2) is 11.4 Å². The van der Waals surface area contributed by atoms with Gasteiger partial charge in [-0.1, -0.05) is 18.3 Å². The smallest absolute Gasteiger partial charge is 0.205 e. The lowest BCUT2D eigenvalue weighted by Crippen LogP contribution is -2.32. The van der Waals surface area contributed by atoms with Crippen molar-refractivity contribution in [3.63, 3.8) is 0 Å². The molecule has 0 fully saturated rings. The Balaban J connectivity index is 1.65. The molecule has 0 saturated carbocycles. The van der Waals surface area contributed by atoms with Crippen molar-refractivity contribution < 1.29 is 0 Å². The average Bonchev–Trinajstić information content (AvgIpc) is 3.09. The van der Waals surface area contributed by atoms with Gasteiger partial charge in [0.2, 0.25) is 5.13 Å². The largest absolute Gasteiger partial charge is 0.360 e. The Morgan fingerprint density at radius 2 is 2.35 bits per heavy atom. The summed E-state index contributed by atoms with van der Waals surface area (Å²) in [7, 11) is 0. The maximum atomic E-state index is 4.31. The Kier molecular flexibility index (Phi) is 4.33. The van der Waals surface area contributed by atoms with Gasteiger partial charge < -0.3 is 5.32 Å². The summed E-state index contributed by atoms with van der Waals surface area (Å²) in [5, 5.41) is 16.1. The summed E-state index contributed by atoms with van der Waals surface area (Å²) in [4.78, 5) is 4.05. The van der Waals surface area contributed by atoms with Gasteiger partial charge in [0, 0.05) is 24.0 Å². The topological polar surface area (TPSA) is 41.1 Å². The van der Waals surface area contributed by atoms with Crippen molar-refractivity contribution in [2.45, 2.75) is 39.3 Å². The van der Waals surface area contributed by atoms with Crippen LogP contribution in [0.3, 0.4) is 0 Å². The molecular weight excluding hydrogens is 288 g/mol. The molecule has 2 aromatic rings. The fraction of sp³-hybridized carbons (Fsp3) is 0.571. The third kappa shape index (κ3) is 2.87. The molecule has 1 N–H and O–H groups in total. The fourth-order valence-electron chi connectivity index (χ4n) is 2.57. The summed E-state index contributed by atoms with van der Waals surface area (Å²) in [5.74, 6) is 0. The molecule has 0 saturated heterocycles. The molecule has 108 valence electrons. The molecule has 3 rings (SSSR count). The van der Waals surface area contributed by atoms with E-state index >= 15 is 0 Å². The highest BCUT2D eigenvalue weighted by atomic mass is 32.1. The molecule has 4 nitrogen and oxygen atoms in total. The van der Waals surface area contributed by atoms with Gasteiger partial charge in [-0.2, -0.15) is 0 Å². The minimum absolute atomic E-state index is 0.487. The minimum Gasteiger partial charge on any atom is -0.360 e. The number of nitrogens with zero attached hydrogens (tertiary/aromatic N) is 3. The number of rotatable bonds is 5. The summed E-state index contributed by atoms with van der Waals surface area (Å²) in [6.45, 7) is 7.44. The zero-order chi connectivity index (χ0) is 13.9. The summed E-state index contributed by atoms with van der Waals surface area (Å²) in [6.07, 6.45) is 2.27. The van der Waals surface area contributed by atoms with Gasteiger partial charge in [0.1, 0.15) is 5.01 Å². The molecule has 1 atom stereocenters. The Labute approximate surface area is 127 Å². The van der Waals surface area contributed by atoms with E-state index in [4.69, 9.17) is 0 Å². The number of anilines is 1. The predicted molar refractivity (Wildman–Crippen MR) is 85.5 cm³/mol. The quantitative estimate of drug-likeness (QED) is 0.917. The molecule has 2 aromatic heterocycles. The maximum absolute atomic E-state index is 4.31. The second kappa shape index (κ2) is 6.20. The maximum Gasteiger partial charge on any atom is 0.205 e. The first kappa shape index (κ1) is 14.0. The molecule has 0 aromatic carbocycles. The number of hydrogen-bond donors (Lipinski definition) is 1. The zero-order valence-corrected chi connectivity index (χ0v) is 13.6. The monoisotopic (exact) mass is 308 g/mol. The standard InChI is InChI=1S/C14H20N4S2/c1-3-6-15-14-17-16-13(20-14)9-18-7-4-12-11(10(18)2)5-8-19-12/h5,8,10H,3-4,6-7,9H2,1-2H3,(H,15,17). The molecule has 0 bridgehead atoms. The van der Waals surface area contributed by atoms with E-state index in [-0.39, 0.29) is 0 Å². The van der Waals surface area contributed by atoms with E-state index in [9.17, 15) is 0 Å². The van der Waals surface area contributed by atoms with Crippen LogP contribution in [-0.2, 0) is 13.0 Å². The Bertz CT molecular complexity index is 563. The summed E-state index contributed by atoms with van der Waals surface area (Å²) >= 11 is 3.57. The Hall–Kier alpha value is -0.980. The molecule has 0 amide bonds. The van der Waals surface area contributed by atoms with Gasteiger partial charge in [-0.3, -0.25) is 4.90 Å². The first-order chi connectivity index (χ1) is 9.78. The highest BCUT2D eigenvalue weighted by Gasteiger charge is 2.25. The summed E-state index contributed by atoms with van der Waals surface area (Å²) < 4.78 is 0. The third-order valence-electron chi connectivity index (χ3n) is 3.74. The van der Waals surface area contributed by atoms with Crippen LogP contribution in [-0.4, -0.2) is 28.2 Å². The van der Waals surface area contributed by atoms with Crippen LogP contribution < -0.4 is 5.32 Å². The lowest BCUT2D eigenvalue weighted by atomic mass is 10.0. The molecule has 1 aliphatic rings. The molecule has 1 aliphatic heterocycles. The molecule has 1 unspecified atom stereocenters. The minimum atomic E-state index is 0.487. The molecule has 0 aliphatic carbocycles. The molecular formula is C14H20N4S2. The molecule has 0 radical (unpaired) electrons. The lowest BCUT2D eigenvalue weighted by molar-refractivity contribution is 0.191. The molecule has 20 heavy (non-hydrogen) atoms. The van der Waals surface area contributed by atoms with Gasteiger partial charge in [0.15, 0.2) is 0 Å². The Morgan fingerprint density at radius 1 is 1.45 bits per heavy atom. The van der Waals surface area contributed by atoms with E-state index in [2.05, 4.69) is 45.7 Å². The highest BCUT2D eigenvalue weighted by molar-refractivity contribution is 7.15. The summed E-state index contributed by atoms with van der Waals surface area (Å²) in [6, 6.07) is 2.76.